The number of benzene rings is 2. The zero-order valence-corrected chi connectivity index (χ0v) is 23.5. The van der Waals surface area contributed by atoms with E-state index in [1.54, 1.807) is 0 Å². The summed E-state index contributed by atoms with van der Waals surface area (Å²) < 4.78 is 19.5. The highest BCUT2D eigenvalue weighted by Crippen LogP contribution is 2.39. The van der Waals surface area contributed by atoms with Crippen molar-refractivity contribution in [2.75, 3.05) is 0 Å². The molecule has 2 aromatic carbocycles. The Kier molecular flexibility index (Phi) is 5.98. The summed E-state index contributed by atoms with van der Waals surface area (Å²) in [5, 5.41) is 5.63. The maximum Gasteiger partial charge on any atom is 0.494 e. The van der Waals surface area contributed by atoms with E-state index in [1.807, 2.05) is 18.2 Å². The minimum atomic E-state index is -0.509. The molecule has 40 heavy (non-hydrogen) atoms. The minimum Gasteiger partial charge on any atom is -0.456 e. The molecule has 7 heteroatoms. The third kappa shape index (κ3) is 4.28. The molecule has 1 atom stereocenters. The summed E-state index contributed by atoms with van der Waals surface area (Å²) in [5.41, 5.74) is 4.87. The molecule has 3 aromatic rings. The van der Waals surface area contributed by atoms with Gasteiger partial charge in [0.25, 0.3) is 0 Å². The van der Waals surface area contributed by atoms with Gasteiger partial charge in [-0.25, -0.2) is 9.98 Å². The van der Waals surface area contributed by atoms with E-state index in [9.17, 15) is 0 Å². The van der Waals surface area contributed by atoms with Crippen molar-refractivity contribution in [3.8, 4) is 0 Å². The predicted molar refractivity (Wildman–Crippen MR) is 163 cm³/mol. The van der Waals surface area contributed by atoms with Gasteiger partial charge < -0.3 is 19.0 Å². The average Bonchev–Trinajstić information content (AvgIpc) is 3.45. The van der Waals surface area contributed by atoms with Crippen molar-refractivity contribution < 1.29 is 13.7 Å². The molecule has 0 saturated carbocycles. The lowest BCUT2D eigenvalue weighted by atomic mass is 9.77. The van der Waals surface area contributed by atoms with Crippen LogP contribution in [0, 0.1) is 0 Å². The van der Waals surface area contributed by atoms with Gasteiger partial charge in [0, 0.05) is 21.9 Å². The summed E-state index contributed by atoms with van der Waals surface area (Å²) in [7, 11) is -0.509. The lowest BCUT2D eigenvalue weighted by Crippen LogP contribution is -2.41. The van der Waals surface area contributed by atoms with E-state index in [1.165, 1.54) is 5.57 Å². The monoisotopic (exact) mass is 531 g/mol. The molecule has 6 nitrogen and oxygen atoms in total. The summed E-state index contributed by atoms with van der Waals surface area (Å²) in [6.07, 6.45) is 16.6. The van der Waals surface area contributed by atoms with Crippen LogP contribution in [0.25, 0.3) is 21.9 Å². The molecule has 0 amide bonds. The van der Waals surface area contributed by atoms with Crippen molar-refractivity contribution in [3.05, 3.63) is 89.6 Å². The van der Waals surface area contributed by atoms with Crippen LogP contribution in [0.15, 0.2) is 98.4 Å². The lowest BCUT2D eigenvalue weighted by molar-refractivity contribution is 0.00578. The van der Waals surface area contributed by atoms with Gasteiger partial charge in [-0.15, -0.1) is 0 Å². The second kappa shape index (κ2) is 9.46. The third-order valence-electron chi connectivity index (χ3n) is 8.66. The zero-order chi connectivity index (χ0) is 27.5. The lowest BCUT2D eigenvalue weighted by Gasteiger charge is -2.32. The number of hydrogen-bond donors (Lipinski definition) is 1. The molecule has 4 aliphatic rings. The highest BCUT2D eigenvalue weighted by Gasteiger charge is 2.52. The van der Waals surface area contributed by atoms with Crippen LogP contribution in [0.1, 0.15) is 65.1 Å². The van der Waals surface area contributed by atoms with E-state index >= 15 is 0 Å². The molecule has 0 spiro atoms. The van der Waals surface area contributed by atoms with Gasteiger partial charge in [0.1, 0.15) is 22.8 Å². The topological polar surface area (TPSA) is 68.3 Å². The highest BCUT2D eigenvalue weighted by atomic mass is 16.7. The summed E-state index contributed by atoms with van der Waals surface area (Å²) in [6.45, 7) is 8.32. The van der Waals surface area contributed by atoms with Gasteiger partial charge in [-0.3, -0.25) is 0 Å². The number of hydrogen-bond acceptors (Lipinski definition) is 6. The first-order valence-electron chi connectivity index (χ1n) is 14.3. The number of rotatable bonds is 4. The number of nitrogens with one attached hydrogen (secondary N) is 1. The number of furan rings is 1. The Morgan fingerprint density at radius 2 is 1.70 bits per heavy atom. The van der Waals surface area contributed by atoms with Crippen LogP contribution in [-0.4, -0.2) is 30.0 Å². The second-order valence-corrected chi connectivity index (χ2v) is 11.9. The van der Waals surface area contributed by atoms with Crippen molar-refractivity contribution in [1.82, 2.24) is 5.32 Å². The molecule has 2 aliphatic heterocycles. The van der Waals surface area contributed by atoms with Gasteiger partial charge in [0.05, 0.1) is 11.2 Å². The number of nitrogens with zero attached hydrogens (tertiary/aromatic N) is 2. The van der Waals surface area contributed by atoms with Crippen LogP contribution in [0.2, 0.25) is 0 Å². The Morgan fingerprint density at radius 1 is 0.900 bits per heavy atom. The van der Waals surface area contributed by atoms with Crippen LogP contribution >= 0.6 is 0 Å². The van der Waals surface area contributed by atoms with E-state index < -0.39 is 24.5 Å². The molecule has 3 heterocycles. The molecule has 7 rings (SSSR count). The fourth-order valence-corrected chi connectivity index (χ4v) is 5.67. The SMILES string of the molecule is CC1(C)OB(c2cc(C3N=C(C4=CCCC=C4)NC(C4=CC=CCC4)=N3)c3oc4ccccc4c3c2)OC1(C)C. The van der Waals surface area contributed by atoms with Gasteiger partial charge in [0.2, 0.25) is 0 Å². The molecule has 1 unspecified atom stereocenters. The van der Waals surface area contributed by atoms with Crippen LogP contribution in [0.4, 0.5) is 0 Å². The summed E-state index contributed by atoms with van der Waals surface area (Å²) in [6, 6.07) is 12.4. The van der Waals surface area contributed by atoms with Crippen LogP contribution in [0.5, 0.6) is 0 Å². The number of aliphatic imine (C=N–C) groups is 2. The van der Waals surface area contributed by atoms with Gasteiger partial charge in [-0.1, -0.05) is 66.8 Å². The molecule has 1 N–H and O–H groups in total. The Bertz CT molecular complexity index is 1690. The first-order chi connectivity index (χ1) is 19.3. The molecule has 0 bridgehead atoms. The van der Waals surface area contributed by atoms with Crippen molar-refractivity contribution in [2.45, 2.75) is 70.7 Å². The van der Waals surface area contributed by atoms with Crippen molar-refractivity contribution in [1.29, 1.82) is 0 Å². The fraction of sp³-hybridized carbons (Fsp3) is 0.333. The highest BCUT2D eigenvalue weighted by molar-refractivity contribution is 6.62. The van der Waals surface area contributed by atoms with Crippen LogP contribution < -0.4 is 10.8 Å². The molecule has 2 aliphatic carbocycles. The summed E-state index contributed by atoms with van der Waals surface area (Å²) >= 11 is 0. The molecule has 1 saturated heterocycles. The van der Waals surface area contributed by atoms with Crippen LogP contribution in [-0.2, 0) is 9.31 Å². The van der Waals surface area contributed by atoms with Crippen molar-refractivity contribution in [3.63, 3.8) is 0 Å². The maximum absolute atomic E-state index is 6.50. The largest absolute Gasteiger partial charge is 0.494 e. The molecule has 0 radical (unpaired) electrons. The Balaban J connectivity index is 1.42. The fourth-order valence-electron chi connectivity index (χ4n) is 5.67. The normalized spacial score (nSPS) is 23.6. The van der Waals surface area contributed by atoms with E-state index in [0.717, 1.165) is 75.9 Å². The van der Waals surface area contributed by atoms with Crippen molar-refractivity contribution >= 4 is 46.2 Å². The standard InChI is InChI=1S/C33H34BN3O3/c1-32(2)33(3,4)40-34(39-32)23-19-25-24-17-11-12-18-27(24)38-28(25)26(20-23)31-36-29(21-13-7-5-8-14-21)35-30(37-31)22-15-9-6-10-16-22/h5,7,9,11-13,15-20,31H,6,8,10,14H2,1-4H3,(H,35,36,37). The Hall–Kier alpha value is -3.68. The second-order valence-electron chi connectivity index (χ2n) is 11.9. The summed E-state index contributed by atoms with van der Waals surface area (Å²) in [4.78, 5) is 10.4. The summed E-state index contributed by atoms with van der Waals surface area (Å²) in [5.74, 6) is 1.70. The number of para-hydroxylation sites is 1. The van der Waals surface area contributed by atoms with E-state index in [2.05, 4.69) is 87.7 Å². The quantitative estimate of drug-likeness (QED) is 0.375. The Morgan fingerprint density at radius 3 is 2.45 bits per heavy atom. The predicted octanol–water partition coefficient (Wildman–Crippen LogP) is 6.84. The molecule has 1 aromatic heterocycles. The first-order valence-corrected chi connectivity index (χ1v) is 14.3. The van der Waals surface area contributed by atoms with E-state index in [-0.39, 0.29) is 0 Å². The minimum absolute atomic E-state index is 0.447. The van der Waals surface area contributed by atoms with Crippen LogP contribution in [0.3, 0.4) is 0 Å². The van der Waals surface area contributed by atoms with Gasteiger partial charge >= 0.3 is 7.12 Å². The van der Waals surface area contributed by atoms with E-state index in [0.29, 0.717) is 0 Å². The molecular formula is C33H34BN3O3. The Labute approximate surface area is 235 Å². The average molecular weight is 531 g/mol. The van der Waals surface area contributed by atoms with Gasteiger partial charge in [-0.05, 0) is 70.5 Å². The first kappa shape index (κ1) is 25.3. The molecular weight excluding hydrogens is 497 g/mol. The van der Waals surface area contributed by atoms with Gasteiger partial charge in [0.15, 0.2) is 6.17 Å². The molecule has 1 fully saturated rings. The zero-order valence-electron chi connectivity index (χ0n) is 23.5. The number of amidine groups is 2. The third-order valence-corrected chi connectivity index (χ3v) is 8.66. The van der Waals surface area contributed by atoms with Crippen molar-refractivity contribution in [2.24, 2.45) is 9.98 Å². The number of fused-ring (bicyclic) bond motifs is 3. The molecule has 202 valence electrons. The van der Waals surface area contributed by atoms with E-state index in [4.69, 9.17) is 23.7 Å². The smallest absolute Gasteiger partial charge is 0.456 e. The van der Waals surface area contributed by atoms with Gasteiger partial charge in [-0.2, -0.15) is 0 Å². The number of allylic oxidation sites excluding steroid dienone is 5. The maximum atomic E-state index is 6.50.